The van der Waals surface area contributed by atoms with Crippen molar-refractivity contribution in [3.8, 4) is 0 Å². The maximum absolute atomic E-state index is 12.8. The lowest BCUT2D eigenvalue weighted by Gasteiger charge is -2.14. The first-order chi connectivity index (χ1) is 5.72. The molecule has 0 heterocycles. The smallest absolute Gasteiger partial charge is 0.100 e. The summed E-state index contributed by atoms with van der Waals surface area (Å²) in [6.45, 7) is 2.15. The molecule has 0 radical (unpaired) electrons. The third-order valence-corrected chi connectivity index (χ3v) is 2.77. The van der Waals surface area contributed by atoms with E-state index in [0.717, 1.165) is 38.5 Å². The van der Waals surface area contributed by atoms with Crippen LogP contribution in [0, 0.1) is 5.92 Å². The van der Waals surface area contributed by atoms with Crippen LogP contribution in [0.5, 0.6) is 0 Å². The fourth-order valence-electron chi connectivity index (χ4n) is 2.14. The normalized spacial score (nSPS) is 32.2. The molecule has 1 rings (SSSR count). The van der Waals surface area contributed by atoms with Crippen molar-refractivity contribution >= 4 is 0 Å². The summed E-state index contributed by atoms with van der Waals surface area (Å²) >= 11 is 0. The molecule has 0 bridgehead atoms. The zero-order valence-corrected chi connectivity index (χ0v) is 7.93. The van der Waals surface area contributed by atoms with Crippen LogP contribution in [0.2, 0.25) is 0 Å². The summed E-state index contributed by atoms with van der Waals surface area (Å²) in [7, 11) is 0. The van der Waals surface area contributed by atoms with E-state index in [0.29, 0.717) is 12.0 Å². The predicted molar refractivity (Wildman–Crippen MR) is 49.7 cm³/mol. The van der Waals surface area contributed by atoms with Crippen molar-refractivity contribution in [1.29, 1.82) is 0 Å². The second kappa shape index (κ2) is 4.80. The minimum Gasteiger partial charge on any atom is -0.328 e. The number of alkyl halides is 1. The summed E-state index contributed by atoms with van der Waals surface area (Å²) < 4.78 is 12.8. The van der Waals surface area contributed by atoms with E-state index in [1.807, 2.05) is 0 Å². The molecule has 1 nitrogen and oxygen atoms in total. The minimum absolute atomic E-state index is 0.310. The van der Waals surface area contributed by atoms with Crippen molar-refractivity contribution < 1.29 is 4.39 Å². The molecule has 1 aliphatic rings. The first-order valence-electron chi connectivity index (χ1n) is 5.12. The molecule has 0 amide bonds. The Hall–Kier alpha value is -0.110. The molecule has 0 aromatic rings. The second-order valence-corrected chi connectivity index (χ2v) is 4.06. The molecule has 0 saturated heterocycles. The molecule has 2 N–H and O–H groups in total. The van der Waals surface area contributed by atoms with Crippen LogP contribution in [0.4, 0.5) is 4.39 Å². The van der Waals surface area contributed by atoms with Gasteiger partial charge in [0.2, 0.25) is 0 Å². The van der Waals surface area contributed by atoms with Gasteiger partial charge in [-0.2, -0.15) is 0 Å². The Kier molecular flexibility index (Phi) is 3.99. The summed E-state index contributed by atoms with van der Waals surface area (Å²) in [6.07, 6.45) is 5.32. The Bertz CT molecular complexity index is 127. The van der Waals surface area contributed by atoms with Gasteiger partial charge in [-0.05, 0) is 38.0 Å². The van der Waals surface area contributed by atoms with Crippen LogP contribution in [0.3, 0.4) is 0 Å². The molecule has 72 valence electrons. The molecule has 1 fully saturated rings. The van der Waals surface area contributed by atoms with Crippen molar-refractivity contribution in [1.82, 2.24) is 0 Å². The zero-order chi connectivity index (χ0) is 8.97. The highest BCUT2D eigenvalue weighted by atomic mass is 19.1. The van der Waals surface area contributed by atoms with Gasteiger partial charge in [-0.1, -0.05) is 13.3 Å². The van der Waals surface area contributed by atoms with Gasteiger partial charge in [-0.15, -0.1) is 0 Å². The highest BCUT2D eigenvalue weighted by Gasteiger charge is 2.25. The third-order valence-electron chi connectivity index (χ3n) is 2.77. The maximum atomic E-state index is 12.8. The van der Waals surface area contributed by atoms with Crippen molar-refractivity contribution in [2.24, 2.45) is 11.7 Å². The van der Waals surface area contributed by atoms with E-state index < -0.39 is 6.17 Å². The minimum atomic E-state index is -0.538. The van der Waals surface area contributed by atoms with Gasteiger partial charge in [-0.25, -0.2) is 4.39 Å². The predicted octanol–water partition coefficient (Wildman–Crippen LogP) is 2.64. The van der Waals surface area contributed by atoms with E-state index in [4.69, 9.17) is 5.73 Å². The van der Waals surface area contributed by atoms with E-state index in [2.05, 4.69) is 6.92 Å². The molecule has 0 aliphatic heterocycles. The largest absolute Gasteiger partial charge is 0.328 e. The van der Waals surface area contributed by atoms with Crippen LogP contribution < -0.4 is 5.73 Å². The molecule has 1 aliphatic carbocycles. The number of nitrogens with two attached hydrogens (primary N) is 1. The van der Waals surface area contributed by atoms with Gasteiger partial charge in [0.15, 0.2) is 0 Å². The second-order valence-electron chi connectivity index (χ2n) is 4.06. The van der Waals surface area contributed by atoms with Crippen LogP contribution >= 0.6 is 0 Å². The average molecular weight is 173 g/mol. The van der Waals surface area contributed by atoms with Crippen molar-refractivity contribution in [2.75, 3.05) is 0 Å². The number of halogens is 1. The SMILES string of the molecule is CCCC(N)CC1CCC(F)C1. The van der Waals surface area contributed by atoms with E-state index >= 15 is 0 Å². The summed E-state index contributed by atoms with van der Waals surface area (Å²) in [5.74, 6) is 0.571. The van der Waals surface area contributed by atoms with Crippen LogP contribution in [-0.2, 0) is 0 Å². The van der Waals surface area contributed by atoms with Crippen LogP contribution in [0.1, 0.15) is 45.4 Å². The number of hydrogen-bond donors (Lipinski definition) is 1. The molecule has 0 spiro atoms. The van der Waals surface area contributed by atoms with Crippen LogP contribution in [-0.4, -0.2) is 12.2 Å². The number of rotatable bonds is 4. The van der Waals surface area contributed by atoms with Gasteiger partial charge in [0.25, 0.3) is 0 Å². The van der Waals surface area contributed by atoms with E-state index in [-0.39, 0.29) is 0 Å². The van der Waals surface area contributed by atoms with Gasteiger partial charge >= 0.3 is 0 Å². The molecule has 12 heavy (non-hydrogen) atoms. The fourth-order valence-corrected chi connectivity index (χ4v) is 2.14. The summed E-state index contributed by atoms with van der Waals surface area (Å²) in [4.78, 5) is 0. The van der Waals surface area contributed by atoms with E-state index in [1.165, 1.54) is 0 Å². The molecular weight excluding hydrogens is 153 g/mol. The van der Waals surface area contributed by atoms with Crippen molar-refractivity contribution in [3.63, 3.8) is 0 Å². The average Bonchev–Trinajstić information content (AvgIpc) is 2.36. The van der Waals surface area contributed by atoms with E-state index in [1.54, 1.807) is 0 Å². The lowest BCUT2D eigenvalue weighted by Crippen LogP contribution is -2.22. The first kappa shape index (κ1) is 9.97. The van der Waals surface area contributed by atoms with Gasteiger partial charge in [-0.3, -0.25) is 0 Å². The topological polar surface area (TPSA) is 26.0 Å². The Labute approximate surface area is 74.5 Å². The molecule has 3 atom stereocenters. The van der Waals surface area contributed by atoms with Crippen molar-refractivity contribution in [3.05, 3.63) is 0 Å². The van der Waals surface area contributed by atoms with Gasteiger partial charge < -0.3 is 5.73 Å². The monoisotopic (exact) mass is 173 g/mol. The molecular formula is C10H20FN. The molecule has 0 aromatic carbocycles. The van der Waals surface area contributed by atoms with E-state index in [9.17, 15) is 4.39 Å². The number of hydrogen-bond acceptors (Lipinski definition) is 1. The quantitative estimate of drug-likeness (QED) is 0.695. The first-order valence-corrected chi connectivity index (χ1v) is 5.12. The van der Waals surface area contributed by atoms with Gasteiger partial charge in [0, 0.05) is 6.04 Å². The van der Waals surface area contributed by atoms with Gasteiger partial charge in [0.1, 0.15) is 6.17 Å². The standard InChI is InChI=1S/C10H20FN/c1-2-3-10(12)7-8-4-5-9(11)6-8/h8-10H,2-7,12H2,1H3. The van der Waals surface area contributed by atoms with Gasteiger partial charge in [0.05, 0.1) is 0 Å². The molecule has 1 saturated carbocycles. The Balaban J connectivity index is 2.14. The van der Waals surface area contributed by atoms with Crippen LogP contribution in [0.25, 0.3) is 0 Å². The highest BCUT2D eigenvalue weighted by Crippen LogP contribution is 2.31. The Morgan fingerprint density at radius 2 is 2.25 bits per heavy atom. The fraction of sp³-hybridized carbons (Fsp3) is 1.00. The molecule has 0 aromatic heterocycles. The molecule has 3 unspecified atom stereocenters. The summed E-state index contributed by atoms with van der Waals surface area (Å²) in [5.41, 5.74) is 5.89. The lowest BCUT2D eigenvalue weighted by molar-refractivity contribution is 0.321. The zero-order valence-electron chi connectivity index (χ0n) is 7.93. The lowest BCUT2D eigenvalue weighted by atomic mass is 9.96. The third kappa shape index (κ3) is 3.10. The van der Waals surface area contributed by atoms with Crippen LogP contribution in [0.15, 0.2) is 0 Å². The molecule has 2 heteroatoms. The summed E-state index contributed by atoms with van der Waals surface area (Å²) in [5, 5.41) is 0. The maximum Gasteiger partial charge on any atom is 0.100 e. The highest BCUT2D eigenvalue weighted by molar-refractivity contribution is 4.78. The van der Waals surface area contributed by atoms with Crippen molar-refractivity contribution in [2.45, 2.75) is 57.7 Å². The Morgan fingerprint density at radius 1 is 1.50 bits per heavy atom. The summed E-state index contributed by atoms with van der Waals surface area (Å²) in [6, 6.07) is 0.310. The Morgan fingerprint density at radius 3 is 2.75 bits per heavy atom.